The van der Waals surface area contributed by atoms with Crippen molar-refractivity contribution in [3.8, 4) is 23.0 Å². The SMILES string of the molecule is COc1cc2c(cc1OCCCCn1cc(COc3cc4c(cc3OC)C(=O)N3CCC[C@H]3C=N4)nn1)N=C[C@@H]1CCCN1C2=O. The second kappa shape index (κ2) is 12.8. The highest BCUT2D eigenvalue weighted by Gasteiger charge is 2.34. The lowest BCUT2D eigenvalue weighted by atomic mass is 10.1. The van der Waals surface area contributed by atoms with Gasteiger partial charge in [-0.2, -0.15) is 0 Å². The normalized spacial score (nSPS) is 19.7. The maximum absolute atomic E-state index is 13.1. The molecular weight excluding hydrogens is 590 g/mol. The van der Waals surface area contributed by atoms with Gasteiger partial charge < -0.3 is 28.7 Å². The molecule has 2 atom stereocenters. The third-order valence-electron chi connectivity index (χ3n) is 8.92. The first kappa shape index (κ1) is 29.8. The first-order valence-electron chi connectivity index (χ1n) is 15.8. The standard InChI is InChI=1S/C33H37N7O6/c1-43-28-13-24-26(34-17-22-7-5-10-39(22)32(24)41)15-30(28)45-12-4-3-9-38-19-21(36-37-38)20-46-31-16-27-25(14-29(31)44-2)33(42)40-11-6-8-23(40)18-35-27/h13-19,22-23H,3-12,20H2,1-2H3/t22-,23-/m0/s1. The monoisotopic (exact) mass is 627 g/mol. The Kier molecular flexibility index (Phi) is 8.29. The molecule has 2 saturated heterocycles. The van der Waals surface area contributed by atoms with Gasteiger partial charge in [0.05, 0.1) is 61.6 Å². The molecule has 0 spiro atoms. The Balaban J connectivity index is 0.919. The van der Waals surface area contributed by atoms with Gasteiger partial charge in [-0.1, -0.05) is 5.21 Å². The van der Waals surface area contributed by atoms with Crippen LogP contribution in [0.3, 0.4) is 0 Å². The number of carbonyl (C=O) groups excluding carboxylic acids is 2. The van der Waals surface area contributed by atoms with Gasteiger partial charge in [-0.15, -0.1) is 5.10 Å². The number of aliphatic imine (C=N–C) groups is 2. The molecule has 0 bridgehead atoms. The number of nitrogens with zero attached hydrogens (tertiary/aromatic N) is 7. The van der Waals surface area contributed by atoms with Gasteiger partial charge in [-0.25, -0.2) is 0 Å². The van der Waals surface area contributed by atoms with Crippen LogP contribution in [0, 0.1) is 0 Å². The molecule has 0 aliphatic carbocycles. The summed E-state index contributed by atoms with van der Waals surface area (Å²) < 4.78 is 25.0. The molecule has 2 amide bonds. The fraction of sp³-hybridized carbons (Fsp3) is 0.455. The molecule has 2 aromatic carbocycles. The minimum absolute atomic E-state index is 0.0133. The van der Waals surface area contributed by atoms with Gasteiger partial charge in [0.2, 0.25) is 0 Å². The van der Waals surface area contributed by atoms with Crippen LogP contribution in [0.1, 0.15) is 64.9 Å². The summed E-state index contributed by atoms with van der Waals surface area (Å²) in [4.78, 5) is 39.1. The van der Waals surface area contributed by atoms with Crippen molar-refractivity contribution in [2.24, 2.45) is 9.98 Å². The molecular formula is C33H37N7O6. The number of fused-ring (bicyclic) bond motifs is 4. The van der Waals surface area contributed by atoms with Gasteiger partial charge in [0.15, 0.2) is 23.0 Å². The molecule has 0 saturated carbocycles. The topological polar surface area (TPSA) is 133 Å². The molecule has 46 heavy (non-hydrogen) atoms. The Hall–Kier alpha value is -4.94. The van der Waals surface area contributed by atoms with Crippen LogP contribution in [0.25, 0.3) is 0 Å². The number of unbranched alkanes of at least 4 members (excludes halogenated alkanes) is 1. The number of ether oxygens (including phenoxy) is 4. The molecule has 0 radical (unpaired) electrons. The second-order valence-electron chi connectivity index (χ2n) is 11.8. The average molecular weight is 628 g/mol. The second-order valence-corrected chi connectivity index (χ2v) is 11.8. The highest BCUT2D eigenvalue weighted by atomic mass is 16.5. The number of aryl methyl sites for hydroxylation is 1. The molecule has 240 valence electrons. The molecule has 0 unspecified atom stereocenters. The molecule has 4 aliphatic rings. The largest absolute Gasteiger partial charge is 0.493 e. The lowest BCUT2D eigenvalue weighted by molar-refractivity contribution is 0.0766. The molecule has 4 aliphatic heterocycles. The summed E-state index contributed by atoms with van der Waals surface area (Å²) in [5, 5.41) is 8.49. The highest BCUT2D eigenvalue weighted by Crippen LogP contribution is 2.39. The number of aromatic nitrogens is 3. The fourth-order valence-corrected chi connectivity index (χ4v) is 6.46. The Bertz CT molecular complexity index is 1700. The lowest BCUT2D eigenvalue weighted by Crippen LogP contribution is -2.35. The number of rotatable bonds is 11. The van der Waals surface area contributed by atoms with Gasteiger partial charge in [0, 0.05) is 44.2 Å². The minimum Gasteiger partial charge on any atom is -0.493 e. The van der Waals surface area contributed by atoms with Crippen molar-refractivity contribution in [3.05, 3.63) is 47.3 Å². The van der Waals surface area contributed by atoms with E-state index >= 15 is 0 Å². The van der Waals surface area contributed by atoms with E-state index in [-0.39, 0.29) is 30.5 Å². The first-order valence-corrected chi connectivity index (χ1v) is 15.8. The summed E-state index contributed by atoms with van der Waals surface area (Å²) in [6, 6.07) is 7.08. The zero-order chi connectivity index (χ0) is 31.6. The van der Waals surface area contributed by atoms with Crippen LogP contribution in [0.4, 0.5) is 11.4 Å². The lowest BCUT2D eigenvalue weighted by Gasteiger charge is -2.20. The van der Waals surface area contributed by atoms with Gasteiger partial charge in [-0.05, 0) is 50.7 Å². The van der Waals surface area contributed by atoms with Crippen molar-refractivity contribution in [1.29, 1.82) is 0 Å². The summed E-state index contributed by atoms with van der Waals surface area (Å²) in [6.45, 7) is 2.79. The van der Waals surface area contributed by atoms with Crippen molar-refractivity contribution in [2.75, 3.05) is 33.9 Å². The fourth-order valence-electron chi connectivity index (χ4n) is 6.46. The number of methoxy groups -OCH3 is 2. The van der Waals surface area contributed by atoms with Crippen molar-refractivity contribution in [3.63, 3.8) is 0 Å². The highest BCUT2D eigenvalue weighted by molar-refractivity contribution is 6.04. The van der Waals surface area contributed by atoms with E-state index in [1.807, 2.05) is 28.4 Å². The number of benzene rings is 2. The van der Waals surface area contributed by atoms with E-state index in [0.717, 1.165) is 51.6 Å². The summed E-state index contributed by atoms with van der Waals surface area (Å²) in [5.41, 5.74) is 2.91. The number of carbonyl (C=O) groups is 2. The third kappa shape index (κ3) is 5.77. The minimum atomic E-state index is -0.0312. The van der Waals surface area contributed by atoms with Gasteiger partial charge in [0.25, 0.3) is 11.8 Å². The molecule has 3 aromatic rings. The van der Waals surface area contributed by atoms with Gasteiger partial charge in [-0.3, -0.25) is 24.3 Å². The first-order chi connectivity index (χ1) is 22.5. The molecule has 13 nitrogen and oxygen atoms in total. The Morgan fingerprint density at radius 3 is 1.93 bits per heavy atom. The van der Waals surface area contributed by atoms with E-state index in [1.165, 1.54) is 0 Å². The van der Waals surface area contributed by atoms with E-state index in [2.05, 4.69) is 20.3 Å². The third-order valence-corrected chi connectivity index (χ3v) is 8.92. The molecule has 2 fully saturated rings. The molecule has 13 heteroatoms. The van der Waals surface area contributed by atoms with Gasteiger partial charge >= 0.3 is 0 Å². The van der Waals surface area contributed by atoms with Crippen LogP contribution in [-0.2, 0) is 13.2 Å². The maximum Gasteiger partial charge on any atom is 0.256 e. The molecule has 5 heterocycles. The summed E-state index contributed by atoms with van der Waals surface area (Å²) in [7, 11) is 3.13. The van der Waals surface area contributed by atoms with Crippen LogP contribution in [0.2, 0.25) is 0 Å². The zero-order valence-corrected chi connectivity index (χ0v) is 26.1. The maximum atomic E-state index is 13.1. The van der Waals surface area contributed by atoms with Crippen molar-refractivity contribution in [2.45, 2.75) is 63.8 Å². The smallest absolute Gasteiger partial charge is 0.256 e. The Morgan fingerprint density at radius 1 is 0.761 bits per heavy atom. The van der Waals surface area contributed by atoms with Crippen LogP contribution in [0.5, 0.6) is 23.0 Å². The predicted molar refractivity (Wildman–Crippen MR) is 169 cm³/mol. The van der Waals surface area contributed by atoms with Crippen molar-refractivity contribution >= 4 is 35.6 Å². The van der Waals surface area contributed by atoms with Crippen molar-refractivity contribution < 1.29 is 28.5 Å². The Labute approximate surface area is 266 Å². The van der Waals surface area contributed by atoms with Crippen LogP contribution < -0.4 is 18.9 Å². The zero-order valence-electron chi connectivity index (χ0n) is 26.1. The van der Waals surface area contributed by atoms with Gasteiger partial charge in [0.1, 0.15) is 12.3 Å². The molecule has 0 N–H and O–H groups in total. The van der Waals surface area contributed by atoms with E-state index in [1.54, 1.807) is 43.2 Å². The molecule has 1 aromatic heterocycles. The number of amides is 2. The van der Waals surface area contributed by atoms with E-state index in [0.29, 0.717) is 64.3 Å². The quantitative estimate of drug-likeness (QED) is 0.286. The summed E-state index contributed by atoms with van der Waals surface area (Å²) >= 11 is 0. The number of hydrogen-bond donors (Lipinski definition) is 0. The molecule has 7 rings (SSSR count). The van der Waals surface area contributed by atoms with Crippen LogP contribution in [-0.4, -0.2) is 95.0 Å². The van der Waals surface area contributed by atoms with Crippen LogP contribution in [0.15, 0.2) is 40.4 Å². The van der Waals surface area contributed by atoms with E-state index < -0.39 is 0 Å². The predicted octanol–water partition coefficient (Wildman–Crippen LogP) is 4.37. The number of hydrogen-bond acceptors (Lipinski definition) is 10. The Morgan fingerprint density at radius 2 is 1.35 bits per heavy atom. The summed E-state index contributed by atoms with van der Waals surface area (Å²) in [6.07, 6.45) is 11.0. The van der Waals surface area contributed by atoms with E-state index in [4.69, 9.17) is 18.9 Å². The summed E-state index contributed by atoms with van der Waals surface area (Å²) in [5.74, 6) is 2.00. The van der Waals surface area contributed by atoms with E-state index in [9.17, 15) is 9.59 Å². The van der Waals surface area contributed by atoms with Crippen LogP contribution >= 0.6 is 0 Å². The average Bonchev–Trinajstić information content (AvgIpc) is 3.83. The van der Waals surface area contributed by atoms with Crippen molar-refractivity contribution in [1.82, 2.24) is 24.8 Å².